The summed E-state index contributed by atoms with van der Waals surface area (Å²) in [7, 11) is 0. The van der Waals surface area contributed by atoms with Gasteiger partial charge in [0, 0.05) is 18.7 Å². The summed E-state index contributed by atoms with van der Waals surface area (Å²) in [6.45, 7) is 4.83. The van der Waals surface area contributed by atoms with Crippen LogP contribution in [0.25, 0.3) is 0 Å². The number of nitrogen functional groups attached to an aromatic ring is 1. The van der Waals surface area contributed by atoms with Gasteiger partial charge in [-0.25, -0.2) is 8.78 Å². The summed E-state index contributed by atoms with van der Waals surface area (Å²) < 4.78 is 26.7. The van der Waals surface area contributed by atoms with Crippen molar-refractivity contribution in [2.24, 2.45) is 5.92 Å². The zero-order valence-electron chi connectivity index (χ0n) is 10.2. The molecule has 2 N–H and O–H groups in total. The van der Waals surface area contributed by atoms with Crippen molar-refractivity contribution >= 4 is 11.4 Å². The summed E-state index contributed by atoms with van der Waals surface area (Å²) in [6.07, 6.45) is 2.39. The Labute approximate surface area is 100 Å². The second-order valence-corrected chi connectivity index (χ2v) is 5.01. The molecule has 0 saturated heterocycles. The summed E-state index contributed by atoms with van der Waals surface area (Å²) in [5.74, 6) is -0.613. The molecule has 1 saturated carbocycles. The fourth-order valence-corrected chi connectivity index (χ4v) is 1.97. The van der Waals surface area contributed by atoms with Gasteiger partial charge in [-0.3, -0.25) is 0 Å². The molecule has 2 rings (SSSR count). The molecule has 0 bridgehead atoms. The van der Waals surface area contributed by atoms with Crippen LogP contribution in [-0.4, -0.2) is 12.6 Å². The molecular weight excluding hydrogens is 222 g/mol. The molecule has 0 amide bonds. The molecule has 0 radical (unpaired) electrons. The normalized spacial score (nSPS) is 15.4. The molecule has 1 aromatic rings. The van der Waals surface area contributed by atoms with Gasteiger partial charge in [0.05, 0.1) is 11.4 Å². The third kappa shape index (κ3) is 2.68. The Morgan fingerprint density at radius 1 is 1.35 bits per heavy atom. The van der Waals surface area contributed by atoms with Gasteiger partial charge < -0.3 is 10.6 Å². The van der Waals surface area contributed by atoms with Crippen LogP contribution in [0.2, 0.25) is 0 Å². The van der Waals surface area contributed by atoms with Crippen molar-refractivity contribution < 1.29 is 8.78 Å². The van der Waals surface area contributed by atoms with Gasteiger partial charge in [-0.2, -0.15) is 0 Å². The second-order valence-electron chi connectivity index (χ2n) is 5.01. The van der Waals surface area contributed by atoms with E-state index in [4.69, 9.17) is 5.73 Å². The van der Waals surface area contributed by atoms with Crippen LogP contribution < -0.4 is 10.6 Å². The molecule has 17 heavy (non-hydrogen) atoms. The first-order chi connectivity index (χ1) is 7.99. The summed E-state index contributed by atoms with van der Waals surface area (Å²) in [5, 5.41) is 0. The van der Waals surface area contributed by atoms with Crippen molar-refractivity contribution in [1.82, 2.24) is 0 Å². The van der Waals surface area contributed by atoms with E-state index in [0.29, 0.717) is 11.6 Å². The molecule has 1 aliphatic carbocycles. The minimum absolute atomic E-state index is 0.0424. The smallest absolute Gasteiger partial charge is 0.151 e. The van der Waals surface area contributed by atoms with E-state index in [0.717, 1.165) is 12.6 Å². The maximum absolute atomic E-state index is 13.4. The maximum atomic E-state index is 13.4. The lowest BCUT2D eigenvalue weighted by Gasteiger charge is -2.30. The van der Waals surface area contributed by atoms with Crippen LogP contribution in [-0.2, 0) is 0 Å². The van der Waals surface area contributed by atoms with Crippen molar-refractivity contribution in [2.45, 2.75) is 32.7 Å². The molecule has 1 fully saturated rings. The van der Waals surface area contributed by atoms with E-state index in [1.807, 2.05) is 18.7 Å². The van der Waals surface area contributed by atoms with Gasteiger partial charge in [0.2, 0.25) is 0 Å². The van der Waals surface area contributed by atoms with Crippen LogP contribution >= 0.6 is 0 Å². The standard InChI is InChI=1S/C13H18F2N2/c1-8(2)17(7-9-3-4-9)12-6-10(14)5-11(15)13(12)16/h5-6,8-9H,3-4,7,16H2,1-2H3. The van der Waals surface area contributed by atoms with Gasteiger partial charge in [-0.1, -0.05) is 0 Å². The Kier molecular flexibility index (Phi) is 3.22. The molecule has 0 aromatic heterocycles. The zero-order valence-corrected chi connectivity index (χ0v) is 10.2. The highest BCUT2D eigenvalue weighted by Crippen LogP contribution is 2.35. The summed E-state index contributed by atoms with van der Waals surface area (Å²) in [4.78, 5) is 1.99. The van der Waals surface area contributed by atoms with E-state index < -0.39 is 11.6 Å². The van der Waals surface area contributed by atoms with E-state index in [2.05, 4.69) is 0 Å². The van der Waals surface area contributed by atoms with E-state index in [-0.39, 0.29) is 11.7 Å². The average molecular weight is 240 g/mol. The number of anilines is 2. The summed E-state index contributed by atoms with van der Waals surface area (Å²) in [6, 6.07) is 2.33. The first kappa shape index (κ1) is 12.1. The van der Waals surface area contributed by atoms with Crippen LogP contribution in [0.1, 0.15) is 26.7 Å². The molecule has 0 unspecified atom stereocenters. The first-order valence-electron chi connectivity index (χ1n) is 6.00. The lowest BCUT2D eigenvalue weighted by atomic mass is 10.1. The van der Waals surface area contributed by atoms with Gasteiger partial charge in [-0.15, -0.1) is 0 Å². The third-order valence-electron chi connectivity index (χ3n) is 3.16. The second kappa shape index (κ2) is 4.51. The Hall–Kier alpha value is -1.32. The Bertz CT molecular complexity index is 414. The Morgan fingerprint density at radius 3 is 2.53 bits per heavy atom. The highest BCUT2D eigenvalue weighted by atomic mass is 19.1. The molecule has 0 heterocycles. The zero-order chi connectivity index (χ0) is 12.6. The predicted molar refractivity (Wildman–Crippen MR) is 66.0 cm³/mol. The summed E-state index contributed by atoms with van der Waals surface area (Å²) in [5.41, 5.74) is 6.22. The molecule has 1 aromatic carbocycles. The number of hydrogen-bond donors (Lipinski definition) is 1. The van der Waals surface area contributed by atoms with Crippen molar-refractivity contribution in [2.75, 3.05) is 17.2 Å². The molecule has 1 aliphatic rings. The fourth-order valence-electron chi connectivity index (χ4n) is 1.97. The Morgan fingerprint density at radius 2 is 2.00 bits per heavy atom. The maximum Gasteiger partial charge on any atom is 0.151 e. The molecular formula is C13H18F2N2. The number of nitrogens with two attached hydrogens (primary N) is 1. The van der Waals surface area contributed by atoms with E-state index in [1.165, 1.54) is 18.9 Å². The molecule has 0 aliphatic heterocycles. The van der Waals surface area contributed by atoms with Crippen molar-refractivity contribution in [3.8, 4) is 0 Å². The van der Waals surface area contributed by atoms with Crippen LogP contribution in [0.4, 0.5) is 20.2 Å². The number of hydrogen-bond acceptors (Lipinski definition) is 2. The molecule has 2 nitrogen and oxygen atoms in total. The van der Waals surface area contributed by atoms with E-state index in [1.54, 1.807) is 0 Å². The topological polar surface area (TPSA) is 29.3 Å². The third-order valence-corrected chi connectivity index (χ3v) is 3.16. The van der Waals surface area contributed by atoms with E-state index in [9.17, 15) is 8.78 Å². The fraction of sp³-hybridized carbons (Fsp3) is 0.538. The SMILES string of the molecule is CC(C)N(CC1CC1)c1cc(F)cc(F)c1N. The van der Waals surface area contributed by atoms with Gasteiger partial charge in [-0.05, 0) is 38.7 Å². The van der Waals surface area contributed by atoms with Crippen LogP contribution in [0, 0.1) is 17.6 Å². The summed E-state index contributed by atoms with van der Waals surface area (Å²) >= 11 is 0. The highest BCUT2D eigenvalue weighted by molar-refractivity contribution is 5.68. The lowest BCUT2D eigenvalue weighted by molar-refractivity contribution is 0.579. The minimum Gasteiger partial charge on any atom is -0.395 e. The molecule has 0 atom stereocenters. The first-order valence-corrected chi connectivity index (χ1v) is 6.00. The Balaban J connectivity index is 2.33. The molecule has 0 spiro atoms. The molecule has 94 valence electrons. The highest BCUT2D eigenvalue weighted by Gasteiger charge is 2.27. The van der Waals surface area contributed by atoms with Crippen LogP contribution in [0.5, 0.6) is 0 Å². The van der Waals surface area contributed by atoms with Gasteiger partial charge in [0.25, 0.3) is 0 Å². The number of halogens is 2. The van der Waals surface area contributed by atoms with Gasteiger partial charge >= 0.3 is 0 Å². The van der Waals surface area contributed by atoms with Crippen molar-refractivity contribution in [3.05, 3.63) is 23.8 Å². The van der Waals surface area contributed by atoms with Crippen molar-refractivity contribution in [3.63, 3.8) is 0 Å². The number of rotatable bonds is 4. The monoisotopic (exact) mass is 240 g/mol. The largest absolute Gasteiger partial charge is 0.395 e. The molecule has 4 heteroatoms. The van der Waals surface area contributed by atoms with E-state index >= 15 is 0 Å². The lowest BCUT2D eigenvalue weighted by Crippen LogP contribution is -2.33. The predicted octanol–water partition coefficient (Wildman–Crippen LogP) is 3.17. The van der Waals surface area contributed by atoms with Gasteiger partial charge in [0.1, 0.15) is 5.82 Å². The number of benzene rings is 1. The van der Waals surface area contributed by atoms with Crippen molar-refractivity contribution in [1.29, 1.82) is 0 Å². The van der Waals surface area contributed by atoms with Gasteiger partial charge in [0.15, 0.2) is 5.82 Å². The quantitative estimate of drug-likeness (QED) is 0.819. The minimum atomic E-state index is -0.679. The van der Waals surface area contributed by atoms with Crippen LogP contribution in [0.3, 0.4) is 0 Å². The average Bonchev–Trinajstić information content (AvgIpc) is 3.03. The van der Waals surface area contributed by atoms with Crippen LogP contribution in [0.15, 0.2) is 12.1 Å². The number of nitrogens with zero attached hydrogens (tertiary/aromatic N) is 1.